The average molecular weight is 467 g/mol. The van der Waals surface area contributed by atoms with Gasteiger partial charge in [0.15, 0.2) is 0 Å². The topological polar surface area (TPSA) is 90.3 Å². The third kappa shape index (κ3) is 5.59. The monoisotopic (exact) mass is 466 g/mol. The Kier molecular flexibility index (Phi) is 8.71. The molecule has 0 aliphatic carbocycles. The fraction of sp³-hybridized carbons (Fsp3) is 0.407. The Hall–Kier alpha value is -3.32. The Morgan fingerprint density at radius 1 is 1.06 bits per heavy atom. The number of amides is 1. The zero-order chi connectivity index (χ0) is 24.7. The Balaban J connectivity index is 2.02. The fourth-order valence-corrected chi connectivity index (χ4v) is 4.27. The predicted octanol–water partition coefficient (Wildman–Crippen LogP) is 4.33. The molecule has 1 atom stereocenters. The van der Waals surface area contributed by atoms with Crippen LogP contribution in [-0.4, -0.2) is 64.5 Å². The number of nitrogens with zero attached hydrogens (tertiary/aromatic N) is 2. The first kappa shape index (κ1) is 25.3. The number of ketones is 1. The van der Waals surface area contributed by atoms with Crippen molar-refractivity contribution in [2.24, 2.45) is 0 Å². The van der Waals surface area contributed by atoms with Crippen LogP contribution in [-0.2, 0) is 9.59 Å². The van der Waals surface area contributed by atoms with Crippen LogP contribution in [0.5, 0.6) is 11.5 Å². The third-order valence-corrected chi connectivity index (χ3v) is 6.07. The fourth-order valence-electron chi connectivity index (χ4n) is 4.27. The molecule has 7 heteroatoms. The second kappa shape index (κ2) is 11.7. The highest BCUT2D eigenvalue weighted by Gasteiger charge is 2.45. The highest BCUT2D eigenvalue weighted by Crippen LogP contribution is 2.40. The summed E-state index contributed by atoms with van der Waals surface area (Å²) in [5.74, 6) is -1.02. The third-order valence-electron chi connectivity index (χ3n) is 6.07. The van der Waals surface area contributed by atoms with Crippen LogP contribution < -0.4 is 4.74 Å². The smallest absolute Gasteiger partial charge is 0.295 e. The predicted molar refractivity (Wildman–Crippen MR) is 132 cm³/mol. The zero-order valence-corrected chi connectivity index (χ0v) is 20.2. The lowest BCUT2D eigenvalue weighted by atomic mass is 9.95. The molecule has 3 rings (SSSR count). The van der Waals surface area contributed by atoms with Gasteiger partial charge >= 0.3 is 0 Å². The number of phenols is 1. The first-order valence-electron chi connectivity index (χ1n) is 11.9. The van der Waals surface area contributed by atoms with Crippen molar-refractivity contribution < 1.29 is 24.5 Å². The van der Waals surface area contributed by atoms with E-state index in [4.69, 9.17) is 4.74 Å². The largest absolute Gasteiger partial charge is 0.508 e. The molecular formula is C27H34N2O5. The van der Waals surface area contributed by atoms with Gasteiger partial charge in [-0.1, -0.05) is 45.0 Å². The number of aromatic hydroxyl groups is 1. The van der Waals surface area contributed by atoms with Crippen molar-refractivity contribution in [2.45, 2.75) is 39.7 Å². The maximum atomic E-state index is 13.2. The van der Waals surface area contributed by atoms with Gasteiger partial charge in [0.1, 0.15) is 17.3 Å². The molecule has 0 aromatic heterocycles. The molecular weight excluding hydrogens is 432 g/mol. The minimum atomic E-state index is -0.788. The summed E-state index contributed by atoms with van der Waals surface area (Å²) in [7, 11) is 0. The molecule has 1 aliphatic heterocycles. The summed E-state index contributed by atoms with van der Waals surface area (Å²) < 4.78 is 5.67. The van der Waals surface area contributed by atoms with Crippen LogP contribution in [0.2, 0.25) is 0 Å². The van der Waals surface area contributed by atoms with E-state index in [1.165, 1.54) is 17.0 Å². The van der Waals surface area contributed by atoms with Gasteiger partial charge in [-0.15, -0.1) is 0 Å². The lowest BCUT2D eigenvalue weighted by Gasteiger charge is -2.27. The van der Waals surface area contributed by atoms with E-state index in [2.05, 4.69) is 18.7 Å². The summed E-state index contributed by atoms with van der Waals surface area (Å²) in [6.07, 6.45) is 1.52. The molecule has 1 aliphatic rings. The molecule has 2 aromatic carbocycles. The van der Waals surface area contributed by atoms with E-state index >= 15 is 0 Å². The first-order valence-corrected chi connectivity index (χ1v) is 11.9. The number of hydrogen-bond donors (Lipinski definition) is 2. The first-order chi connectivity index (χ1) is 16.4. The van der Waals surface area contributed by atoms with Crippen LogP contribution in [0.15, 0.2) is 54.1 Å². The molecule has 0 saturated carbocycles. The second-order valence-electron chi connectivity index (χ2n) is 8.34. The molecule has 1 fully saturated rings. The van der Waals surface area contributed by atoms with E-state index in [-0.39, 0.29) is 17.1 Å². The Labute approximate surface area is 201 Å². The molecule has 0 spiro atoms. The number of aliphatic hydroxyl groups excluding tert-OH is 1. The minimum absolute atomic E-state index is 0.0195. The van der Waals surface area contributed by atoms with Crippen molar-refractivity contribution in [3.63, 3.8) is 0 Å². The number of ether oxygens (including phenoxy) is 1. The molecule has 34 heavy (non-hydrogen) atoms. The second-order valence-corrected chi connectivity index (χ2v) is 8.34. The van der Waals surface area contributed by atoms with Gasteiger partial charge in [0.25, 0.3) is 11.7 Å². The molecule has 1 heterocycles. The Bertz CT molecular complexity index is 1040. The number of phenolic OH excluding ortho intramolecular Hbond substituents is 1. The van der Waals surface area contributed by atoms with E-state index in [0.717, 1.165) is 26.1 Å². The Morgan fingerprint density at radius 2 is 1.79 bits per heavy atom. The highest BCUT2D eigenvalue weighted by molar-refractivity contribution is 6.46. The number of likely N-dealkylation sites (tertiary alicyclic amines) is 1. The minimum Gasteiger partial charge on any atom is -0.508 e. The van der Waals surface area contributed by atoms with Gasteiger partial charge in [0.2, 0.25) is 0 Å². The van der Waals surface area contributed by atoms with E-state index in [0.29, 0.717) is 36.4 Å². The standard InChI is InChI=1S/C27H34N2O5/c1-4-16-34-22-13-8-11-20(18-22)25(31)23-24(19-10-7-12-21(30)17-19)29(27(33)26(23)32)15-9-14-28(5-2)6-3/h7-8,10-13,17-18,24,30-31H,4-6,9,14-16H2,1-3H3. The highest BCUT2D eigenvalue weighted by atomic mass is 16.5. The summed E-state index contributed by atoms with van der Waals surface area (Å²) >= 11 is 0. The lowest BCUT2D eigenvalue weighted by molar-refractivity contribution is -0.140. The molecule has 2 aromatic rings. The van der Waals surface area contributed by atoms with Gasteiger partial charge in [-0.3, -0.25) is 9.59 Å². The average Bonchev–Trinajstić information content (AvgIpc) is 3.10. The molecule has 182 valence electrons. The maximum Gasteiger partial charge on any atom is 0.295 e. The van der Waals surface area contributed by atoms with Crippen molar-refractivity contribution in [1.29, 1.82) is 0 Å². The van der Waals surface area contributed by atoms with Crippen molar-refractivity contribution in [2.75, 3.05) is 32.8 Å². The summed E-state index contributed by atoms with van der Waals surface area (Å²) in [5, 5.41) is 21.3. The quantitative estimate of drug-likeness (QED) is 0.291. The number of carbonyl (C=O) groups excluding carboxylic acids is 2. The van der Waals surface area contributed by atoms with Crippen molar-refractivity contribution in [1.82, 2.24) is 9.80 Å². The molecule has 7 nitrogen and oxygen atoms in total. The Morgan fingerprint density at radius 3 is 2.47 bits per heavy atom. The zero-order valence-electron chi connectivity index (χ0n) is 20.2. The maximum absolute atomic E-state index is 13.2. The molecule has 1 amide bonds. The SMILES string of the molecule is CCCOc1cccc(C(O)=C2C(=O)C(=O)N(CCCN(CC)CC)C2c2cccc(O)c2)c1. The van der Waals surface area contributed by atoms with Gasteiger partial charge in [0.05, 0.1) is 18.2 Å². The van der Waals surface area contributed by atoms with Gasteiger partial charge in [0, 0.05) is 12.1 Å². The van der Waals surface area contributed by atoms with Crippen LogP contribution >= 0.6 is 0 Å². The van der Waals surface area contributed by atoms with E-state index in [9.17, 15) is 19.8 Å². The summed E-state index contributed by atoms with van der Waals surface area (Å²) in [5.41, 5.74) is 0.993. The van der Waals surface area contributed by atoms with E-state index in [1.54, 1.807) is 36.4 Å². The summed E-state index contributed by atoms with van der Waals surface area (Å²) in [4.78, 5) is 30.0. The van der Waals surface area contributed by atoms with Crippen molar-refractivity contribution in [3.8, 4) is 11.5 Å². The summed E-state index contributed by atoms with van der Waals surface area (Å²) in [6, 6.07) is 12.6. The number of rotatable bonds is 11. The van der Waals surface area contributed by atoms with Gasteiger partial charge in [-0.25, -0.2) is 0 Å². The van der Waals surface area contributed by atoms with Gasteiger partial charge in [-0.05, 0) is 62.3 Å². The molecule has 1 unspecified atom stereocenters. The van der Waals surface area contributed by atoms with Crippen LogP contribution in [0.1, 0.15) is 50.8 Å². The van der Waals surface area contributed by atoms with E-state index < -0.39 is 17.7 Å². The van der Waals surface area contributed by atoms with Crippen LogP contribution in [0.3, 0.4) is 0 Å². The van der Waals surface area contributed by atoms with Crippen LogP contribution in [0.25, 0.3) is 5.76 Å². The molecule has 2 N–H and O–H groups in total. The van der Waals surface area contributed by atoms with Gasteiger partial charge in [-0.2, -0.15) is 0 Å². The number of carbonyl (C=O) groups is 2. The number of benzene rings is 2. The van der Waals surface area contributed by atoms with Crippen molar-refractivity contribution in [3.05, 3.63) is 65.2 Å². The molecule has 0 bridgehead atoms. The summed E-state index contributed by atoms with van der Waals surface area (Å²) in [6.45, 7) is 9.66. The number of Topliss-reactive ketones (excluding diaryl/α,β-unsaturated/α-hetero) is 1. The van der Waals surface area contributed by atoms with Crippen LogP contribution in [0, 0.1) is 0 Å². The van der Waals surface area contributed by atoms with E-state index in [1.807, 2.05) is 6.92 Å². The lowest BCUT2D eigenvalue weighted by Crippen LogP contribution is -2.33. The normalized spacial score (nSPS) is 17.5. The van der Waals surface area contributed by atoms with Crippen molar-refractivity contribution >= 4 is 17.4 Å². The van der Waals surface area contributed by atoms with Crippen LogP contribution in [0.4, 0.5) is 0 Å². The van der Waals surface area contributed by atoms with Gasteiger partial charge < -0.3 is 24.7 Å². The number of aliphatic hydroxyl groups is 1. The number of hydrogen-bond acceptors (Lipinski definition) is 6. The molecule has 1 saturated heterocycles. The molecule has 0 radical (unpaired) electrons.